The summed E-state index contributed by atoms with van der Waals surface area (Å²) in [7, 11) is 0. The molecule has 4 nitrogen and oxygen atoms in total. The minimum Gasteiger partial charge on any atom is -0.326 e. The molecule has 1 aliphatic carbocycles. The van der Waals surface area contributed by atoms with Gasteiger partial charge in [0.2, 0.25) is 0 Å². The van der Waals surface area contributed by atoms with E-state index >= 15 is 0 Å². The van der Waals surface area contributed by atoms with E-state index in [4.69, 9.17) is 5.73 Å². The van der Waals surface area contributed by atoms with Crippen LogP contribution in [-0.2, 0) is 13.1 Å². The fourth-order valence-corrected chi connectivity index (χ4v) is 2.02. The van der Waals surface area contributed by atoms with Crippen LogP contribution in [0.5, 0.6) is 0 Å². The fourth-order valence-electron chi connectivity index (χ4n) is 2.02. The molecule has 2 N–H and O–H groups in total. The van der Waals surface area contributed by atoms with Gasteiger partial charge in [-0.3, -0.25) is 9.67 Å². The van der Waals surface area contributed by atoms with E-state index in [1.807, 2.05) is 16.8 Å². The van der Waals surface area contributed by atoms with Gasteiger partial charge < -0.3 is 5.73 Å². The zero-order chi connectivity index (χ0) is 11.7. The van der Waals surface area contributed by atoms with E-state index in [1.54, 1.807) is 12.4 Å². The summed E-state index contributed by atoms with van der Waals surface area (Å²) >= 11 is 0. The summed E-state index contributed by atoms with van der Waals surface area (Å²) in [5, 5.41) is 4.64. The van der Waals surface area contributed by atoms with Gasteiger partial charge in [-0.15, -0.1) is 0 Å². The molecule has 0 bridgehead atoms. The smallest absolute Gasteiger partial charge is 0.0969 e. The molecule has 3 rings (SSSR count). The van der Waals surface area contributed by atoms with E-state index in [9.17, 15) is 0 Å². The summed E-state index contributed by atoms with van der Waals surface area (Å²) < 4.78 is 2.04. The molecule has 1 saturated carbocycles. The summed E-state index contributed by atoms with van der Waals surface area (Å²) in [6.07, 6.45) is 8.32. The van der Waals surface area contributed by atoms with Crippen molar-refractivity contribution in [2.45, 2.75) is 25.9 Å². The van der Waals surface area contributed by atoms with Crippen LogP contribution in [0.2, 0.25) is 0 Å². The second-order valence-electron chi connectivity index (χ2n) is 4.61. The van der Waals surface area contributed by atoms with E-state index in [-0.39, 0.29) is 0 Å². The van der Waals surface area contributed by atoms with Crippen molar-refractivity contribution in [1.29, 1.82) is 0 Å². The molecule has 2 heterocycles. The third kappa shape index (κ3) is 2.22. The van der Waals surface area contributed by atoms with E-state index < -0.39 is 0 Å². The Balaban J connectivity index is 1.94. The molecule has 0 atom stereocenters. The second kappa shape index (κ2) is 4.30. The zero-order valence-electron chi connectivity index (χ0n) is 9.71. The van der Waals surface area contributed by atoms with Gasteiger partial charge in [0.15, 0.2) is 0 Å². The first-order valence-electron chi connectivity index (χ1n) is 6.03. The SMILES string of the molecule is NCc1cn(CC2CC2)nc1-c1ccncc1. The van der Waals surface area contributed by atoms with Crippen LogP contribution in [0.3, 0.4) is 0 Å². The van der Waals surface area contributed by atoms with Crippen LogP contribution in [-0.4, -0.2) is 14.8 Å². The fraction of sp³-hybridized carbons (Fsp3) is 0.385. The maximum absolute atomic E-state index is 5.78. The average molecular weight is 228 g/mol. The van der Waals surface area contributed by atoms with Gasteiger partial charge >= 0.3 is 0 Å². The minimum atomic E-state index is 0.530. The van der Waals surface area contributed by atoms with Crippen molar-refractivity contribution < 1.29 is 0 Å². The first kappa shape index (κ1) is 10.5. The van der Waals surface area contributed by atoms with Crippen LogP contribution in [0.1, 0.15) is 18.4 Å². The average Bonchev–Trinajstić information content (AvgIpc) is 3.08. The highest BCUT2D eigenvalue weighted by Crippen LogP contribution is 2.31. The van der Waals surface area contributed by atoms with Gasteiger partial charge in [-0.05, 0) is 30.9 Å². The summed E-state index contributed by atoms with van der Waals surface area (Å²) in [5.41, 5.74) is 8.98. The Bertz CT molecular complexity index is 499. The van der Waals surface area contributed by atoms with Crippen LogP contribution >= 0.6 is 0 Å². The van der Waals surface area contributed by atoms with Crippen molar-refractivity contribution in [3.8, 4) is 11.3 Å². The monoisotopic (exact) mass is 228 g/mol. The molecule has 0 spiro atoms. The molecule has 1 fully saturated rings. The van der Waals surface area contributed by atoms with E-state index in [1.165, 1.54) is 12.8 Å². The minimum absolute atomic E-state index is 0.530. The Labute approximate surface area is 100 Å². The predicted octanol–water partition coefficient (Wildman–Crippen LogP) is 1.81. The molecule has 17 heavy (non-hydrogen) atoms. The topological polar surface area (TPSA) is 56.7 Å². The zero-order valence-corrected chi connectivity index (χ0v) is 9.71. The molecule has 88 valence electrons. The Kier molecular flexibility index (Phi) is 2.65. The lowest BCUT2D eigenvalue weighted by Crippen LogP contribution is -2.00. The molecule has 2 aromatic heterocycles. The summed E-state index contributed by atoms with van der Waals surface area (Å²) in [6.45, 7) is 1.56. The maximum atomic E-state index is 5.78. The van der Waals surface area contributed by atoms with Gasteiger partial charge in [0.05, 0.1) is 5.69 Å². The van der Waals surface area contributed by atoms with Gasteiger partial charge in [0, 0.05) is 42.8 Å². The van der Waals surface area contributed by atoms with Gasteiger partial charge in [-0.25, -0.2) is 0 Å². The van der Waals surface area contributed by atoms with Crippen molar-refractivity contribution in [2.24, 2.45) is 11.7 Å². The van der Waals surface area contributed by atoms with Crippen LogP contribution in [0, 0.1) is 5.92 Å². The number of pyridine rings is 1. The highest BCUT2D eigenvalue weighted by atomic mass is 15.3. The molecule has 0 aliphatic heterocycles. The lowest BCUT2D eigenvalue weighted by Gasteiger charge is -1.99. The molecule has 0 amide bonds. The standard InChI is InChI=1S/C13H16N4/c14-7-12-9-17(8-10-1-2-10)16-13(12)11-3-5-15-6-4-11/h3-6,9-10H,1-2,7-8,14H2. The van der Waals surface area contributed by atoms with Crippen molar-refractivity contribution in [3.05, 3.63) is 36.3 Å². The molecule has 2 aromatic rings. The normalized spacial score (nSPS) is 15.1. The third-order valence-electron chi connectivity index (χ3n) is 3.15. The molecular formula is C13H16N4. The first-order chi connectivity index (χ1) is 8.36. The van der Waals surface area contributed by atoms with E-state index in [0.29, 0.717) is 6.54 Å². The Morgan fingerprint density at radius 3 is 2.71 bits per heavy atom. The van der Waals surface area contributed by atoms with Crippen molar-refractivity contribution in [3.63, 3.8) is 0 Å². The van der Waals surface area contributed by atoms with Crippen molar-refractivity contribution >= 4 is 0 Å². The molecule has 4 heteroatoms. The van der Waals surface area contributed by atoms with Gasteiger partial charge in [-0.1, -0.05) is 0 Å². The van der Waals surface area contributed by atoms with Crippen LogP contribution in [0.25, 0.3) is 11.3 Å². The number of hydrogen-bond donors (Lipinski definition) is 1. The molecule has 0 unspecified atom stereocenters. The van der Waals surface area contributed by atoms with Crippen LogP contribution < -0.4 is 5.73 Å². The lowest BCUT2D eigenvalue weighted by molar-refractivity contribution is 0.564. The largest absolute Gasteiger partial charge is 0.326 e. The third-order valence-corrected chi connectivity index (χ3v) is 3.15. The van der Waals surface area contributed by atoms with E-state index in [2.05, 4.69) is 16.3 Å². The van der Waals surface area contributed by atoms with Gasteiger partial charge in [-0.2, -0.15) is 5.10 Å². The number of rotatable bonds is 4. The number of hydrogen-bond acceptors (Lipinski definition) is 3. The lowest BCUT2D eigenvalue weighted by atomic mass is 10.1. The Morgan fingerprint density at radius 2 is 2.06 bits per heavy atom. The van der Waals surface area contributed by atoms with Gasteiger partial charge in [0.25, 0.3) is 0 Å². The maximum Gasteiger partial charge on any atom is 0.0969 e. The van der Waals surface area contributed by atoms with Crippen LogP contribution in [0.15, 0.2) is 30.7 Å². The van der Waals surface area contributed by atoms with Crippen LogP contribution in [0.4, 0.5) is 0 Å². The summed E-state index contributed by atoms with van der Waals surface area (Å²) in [6, 6.07) is 3.95. The van der Waals surface area contributed by atoms with Crippen molar-refractivity contribution in [1.82, 2.24) is 14.8 Å². The molecule has 0 saturated heterocycles. The summed E-state index contributed by atoms with van der Waals surface area (Å²) in [4.78, 5) is 4.03. The molecule has 1 aliphatic rings. The highest BCUT2D eigenvalue weighted by Gasteiger charge is 2.22. The quantitative estimate of drug-likeness (QED) is 0.868. The molecule has 0 aromatic carbocycles. The number of nitrogens with zero attached hydrogens (tertiary/aromatic N) is 3. The highest BCUT2D eigenvalue weighted by molar-refractivity contribution is 5.61. The van der Waals surface area contributed by atoms with Crippen molar-refractivity contribution in [2.75, 3.05) is 0 Å². The number of nitrogens with two attached hydrogens (primary N) is 1. The second-order valence-corrected chi connectivity index (χ2v) is 4.61. The van der Waals surface area contributed by atoms with E-state index in [0.717, 1.165) is 29.3 Å². The first-order valence-corrected chi connectivity index (χ1v) is 6.03. The molecular weight excluding hydrogens is 212 g/mol. The number of aromatic nitrogens is 3. The predicted molar refractivity (Wildman–Crippen MR) is 66.1 cm³/mol. The molecule has 0 radical (unpaired) electrons. The summed E-state index contributed by atoms with van der Waals surface area (Å²) in [5.74, 6) is 0.825. The Hall–Kier alpha value is -1.68. The Morgan fingerprint density at radius 1 is 1.29 bits per heavy atom. The van der Waals surface area contributed by atoms with Gasteiger partial charge in [0.1, 0.15) is 0 Å².